The molecule has 6 heteroatoms. The number of halogens is 3. The molecule has 3 aromatic carbocycles. The van der Waals surface area contributed by atoms with Gasteiger partial charge < -0.3 is 10.0 Å². The van der Waals surface area contributed by atoms with E-state index in [1.807, 2.05) is 0 Å². The summed E-state index contributed by atoms with van der Waals surface area (Å²) in [5.74, 6) is -1.37. The molecular formula is C25H22F3NO2. The predicted octanol–water partition coefficient (Wildman–Crippen LogP) is 5.22. The maximum Gasteiger partial charge on any atom is 0.227 e. The quantitative estimate of drug-likeness (QED) is 0.609. The summed E-state index contributed by atoms with van der Waals surface area (Å²) in [4.78, 5) is 14.7. The van der Waals surface area contributed by atoms with Crippen molar-refractivity contribution in [2.75, 3.05) is 18.1 Å². The van der Waals surface area contributed by atoms with E-state index in [2.05, 4.69) is 0 Å². The molecule has 3 aromatic rings. The van der Waals surface area contributed by atoms with E-state index in [-0.39, 0.29) is 30.3 Å². The standard InChI is InChI=1S/C25H22F3NO2/c26-19-5-1-17(2-6-19)22-15-21(9-10-23(22)28)29-13-11-25(12-14-30,16-24(29)31)18-3-7-20(27)8-4-18/h1-10,15,30H,11-14,16H2. The molecule has 160 valence electrons. The number of nitrogens with zero attached hydrogens (tertiary/aromatic N) is 1. The first-order chi connectivity index (χ1) is 14.9. The van der Waals surface area contributed by atoms with Gasteiger partial charge in [0.1, 0.15) is 17.5 Å². The third-order valence-electron chi connectivity index (χ3n) is 6.07. The van der Waals surface area contributed by atoms with E-state index in [0.717, 1.165) is 5.56 Å². The minimum atomic E-state index is -0.574. The van der Waals surface area contributed by atoms with Crippen molar-refractivity contribution < 1.29 is 23.1 Å². The highest BCUT2D eigenvalue weighted by Crippen LogP contribution is 2.41. The maximum atomic E-state index is 14.4. The Morgan fingerprint density at radius 3 is 2.16 bits per heavy atom. The fourth-order valence-corrected chi connectivity index (χ4v) is 4.35. The number of amides is 1. The summed E-state index contributed by atoms with van der Waals surface area (Å²) in [6, 6.07) is 16.0. The lowest BCUT2D eigenvalue weighted by molar-refractivity contribution is -0.121. The molecule has 1 saturated heterocycles. The lowest BCUT2D eigenvalue weighted by Gasteiger charge is -2.41. The molecule has 1 amide bonds. The van der Waals surface area contributed by atoms with Crippen molar-refractivity contribution in [2.24, 2.45) is 0 Å². The second kappa shape index (κ2) is 8.55. The van der Waals surface area contributed by atoms with Gasteiger partial charge in [0.25, 0.3) is 0 Å². The Kier molecular flexibility index (Phi) is 5.83. The molecule has 0 aromatic heterocycles. The number of piperidine rings is 1. The van der Waals surface area contributed by atoms with E-state index in [1.165, 1.54) is 42.5 Å². The summed E-state index contributed by atoms with van der Waals surface area (Å²) >= 11 is 0. The van der Waals surface area contributed by atoms with Crippen LogP contribution < -0.4 is 4.90 Å². The number of benzene rings is 3. The first-order valence-corrected chi connectivity index (χ1v) is 10.1. The van der Waals surface area contributed by atoms with Crippen LogP contribution >= 0.6 is 0 Å². The van der Waals surface area contributed by atoms with Crippen LogP contribution in [0.1, 0.15) is 24.8 Å². The van der Waals surface area contributed by atoms with E-state index in [0.29, 0.717) is 30.6 Å². The van der Waals surface area contributed by atoms with Gasteiger partial charge >= 0.3 is 0 Å². The zero-order valence-corrected chi connectivity index (χ0v) is 16.8. The van der Waals surface area contributed by atoms with Crippen LogP contribution in [0.3, 0.4) is 0 Å². The number of hydrogen-bond donors (Lipinski definition) is 1. The fraction of sp³-hybridized carbons (Fsp3) is 0.240. The number of rotatable bonds is 5. The summed E-state index contributed by atoms with van der Waals surface area (Å²) in [6.07, 6.45) is 1.12. The van der Waals surface area contributed by atoms with E-state index in [9.17, 15) is 23.1 Å². The smallest absolute Gasteiger partial charge is 0.227 e. The summed E-state index contributed by atoms with van der Waals surface area (Å²) < 4.78 is 41.1. The molecule has 0 spiro atoms. The Morgan fingerprint density at radius 1 is 0.903 bits per heavy atom. The van der Waals surface area contributed by atoms with Crippen LogP contribution in [0.4, 0.5) is 18.9 Å². The van der Waals surface area contributed by atoms with Crippen LogP contribution in [-0.2, 0) is 10.2 Å². The number of carbonyl (C=O) groups excluding carboxylic acids is 1. The van der Waals surface area contributed by atoms with Gasteiger partial charge in [-0.1, -0.05) is 24.3 Å². The second-order valence-corrected chi connectivity index (χ2v) is 7.90. The highest BCUT2D eigenvalue weighted by atomic mass is 19.1. The number of aliphatic hydroxyl groups excluding tert-OH is 1. The Balaban J connectivity index is 1.63. The Bertz CT molecular complexity index is 1080. The molecular weight excluding hydrogens is 403 g/mol. The third kappa shape index (κ3) is 4.21. The SMILES string of the molecule is O=C1CC(CCO)(c2ccc(F)cc2)CCN1c1ccc(F)c(-c2ccc(F)cc2)c1. The molecule has 1 fully saturated rings. The summed E-state index contributed by atoms with van der Waals surface area (Å²) in [5.41, 5.74) is 1.61. The first-order valence-electron chi connectivity index (χ1n) is 10.1. The van der Waals surface area contributed by atoms with Crippen molar-refractivity contribution in [1.29, 1.82) is 0 Å². The largest absolute Gasteiger partial charge is 0.396 e. The summed E-state index contributed by atoms with van der Waals surface area (Å²) in [5, 5.41) is 9.61. The van der Waals surface area contributed by atoms with Crippen molar-refractivity contribution in [2.45, 2.75) is 24.7 Å². The normalized spacial score (nSPS) is 19.0. The Hall–Kier alpha value is -3.12. The molecule has 1 aliphatic heterocycles. The summed E-state index contributed by atoms with van der Waals surface area (Å²) in [7, 11) is 0. The first kappa shape index (κ1) is 21.1. The number of aliphatic hydroxyl groups is 1. The molecule has 0 saturated carbocycles. The second-order valence-electron chi connectivity index (χ2n) is 7.90. The lowest BCUT2D eigenvalue weighted by atomic mass is 9.70. The predicted molar refractivity (Wildman–Crippen MR) is 113 cm³/mol. The molecule has 0 aliphatic carbocycles. The number of carbonyl (C=O) groups is 1. The molecule has 1 aliphatic rings. The molecule has 0 bridgehead atoms. The fourth-order valence-electron chi connectivity index (χ4n) is 4.35. The minimum Gasteiger partial charge on any atom is -0.396 e. The van der Waals surface area contributed by atoms with Gasteiger partial charge in [-0.2, -0.15) is 0 Å². The van der Waals surface area contributed by atoms with Gasteiger partial charge in [0, 0.05) is 36.2 Å². The van der Waals surface area contributed by atoms with Crippen LogP contribution in [0.25, 0.3) is 11.1 Å². The zero-order valence-electron chi connectivity index (χ0n) is 16.8. The number of hydrogen-bond acceptors (Lipinski definition) is 2. The van der Waals surface area contributed by atoms with Crippen molar-refractivity contribution >= 4 is 11.6 Å². The van der Waals surface area contributed by atoms with Crippen molar-refractivity contribution in [1.82, 2.24) is 0 Å². The minimum absolute atomic E-state index is 0.0874. The van der Waals surface area contributed by atoms with Gasteiger partial charge in [-0.25, -0.2) is 13.2 Å². The van der Waals surface area contributed by atoms with Crippen LogP contribution in [0.2, 0.25) is 0 Å². The van der Waals surface area contributed by atoms with Crippen LogP contribution in [0.5, 0.6) is 0 Å². The van der Waals surface area contributed by atoms with E-state index in [4.69, 9.17) is 0 Å². The average molecular weight is 425 g/mol. The highest BCUT2D eigenvalue weighted by Gasteiger charge is 2.40. The lowest BCUT2D eigenvalue weighted by Crippen LogP contribution is -2.47. The van der Waals surface area contributed by atoms with E-state index < -0.39 is 17.0 Å². The van der Waals surface area contributed by atoms with Gasteiger partial charge in [0.05, 0.1) is 0 Å². The van der Waals surface area contributed by atoms with Crippen LogP contribution in [-0.4, -0.2) is 24.2 Å². The molecule has 4 rings (SSSR count). The molecule has 3 nitrogen and oxygen atoms in total. The van der Waals surface area contributed by atoms with E-state index in [1.54, 1.807) is 29.2 Å². The molecule has 1 N–H and O–H groups in total. The Labute approximate surface area is 178 Å². The van der Waals surface area contributed by atoms with Crippen molar-refractivity contribution in [3.63, 3.8) is 0 Å². The molecule has 31 heavy (non-hydrogen) atoms. The topological polar surface area (TPSA) is 40.5 Å². The molecule has 0 radical (unpaired) electrons. The molecule has 1 heterocycles. The zero-order chi connectivity index (χ0) is 22.0. The third-order valence-corrected chi connectivity index (χ3v) is 6.07. The van der Waals surface area contributed by atoms with E-state index >= 15 is 0 Å². The highest BCUT2D eigenvalue weighted by molar-refractivity contribution is 5.96. The van der Waals surface area contributed by atoms with Gasteiger partial charge in [0.2, 0.25) is 5.91 Å². The monoisotopic (exact) mass is 425 g/mol. The van der Waals surface area contributed by atoms with Gasteiger partial charge in [-0.15, -0.1) is 0 Å². The summed E-state index contributed by atoms with van der Waals surface area (Å²) in [6.45, 7) is 0.292. The van der Waals surface area contributed by atoms with Crippen molar-refractivity contribution in [3.8, 4) is 11.1 Å². The molecule has 1 atom stereocenters. The van der Waals surface area contributed by atoms with Gasteiger partial charge in [-0.05, 0) is 66.4 Å². The maximum absolute atomic E-state index is 14.4. The van der Waals surface area contributed by atoms with Crippen LogP contribution in [0, 0.1) is 17.5 Å². The number of anilines is 1. The van der Waals surface area contributed by atoms with Gasteiger partial charge in [-0.3, -0.25) is 4.79 Å². The Morgan fingerprint density at radius 2 is 1.55 bits per heavy atom. The van der Waals surface area contributed by atoms with Crippen LogP contribution in [0.15, 0.2) is 66.7 Å². The average Bonchev–Trinajstić information content (AvgIpc) is 2.76. The molecule has 1 unspecified atom stereocenters. The van der Waals surface area contributed by atoms with Crippen molar-refractivity contribution in [3.05, 3.63) is 89.7 Å². The van der Waals surface area contributed by atoms with Gasteiger partial charge in [0.15, 0.2) is 0 Å².